The Hall–Kier alpha value is -0.280. The molecule has 0 N–H and O–H groups in total. The van der Waals surface area contributed by atoms with Gasteiger partial charge in [-0.25, -0.2) is 4.79 Å². The van der Waals surface area contributed by atoms with Gasteiger partial charge < -0.3 is 9.47 Å². The second kappa shape index (κ2) is 9.28. The van der Waals surface area contributed by atoms with E-state index in [-0.39, 0.29) is 5.97 Å². The highest BCUT2D eigenvalue weighted by Crippen LogP contribution is 2.07. The summed E-state index contributed by atoms with van der Waals surface area (Å²) in [6.07, 6.45) is 2.08. The minimum atomic E-state index is -0.414. The van der Waals surface area contributed by atoms with Gasteiger partial charge in [0.1, 0.15) is 0 Å². The predicted octanol–water partition coefficient (Wildman–Crippen LogP) is 2.36. The van der Waals surface area contributed by atoms with Crippen molar-refractivity contribution in [2.24, 2.45) is 0 Å². The van der Waals surface area contributed by atoms with Crippen LogP contribution in [0.3, 0.4) is 0 Å². The van der Waals surface area contributed by atoms with Crippen molar-refractivity contribution in [3.63, 3.8) is 0 Å². The molecule has 0 heterocycles. The molecule has 0 aliphatic carbocycles. The van der Waals surface area contributed by atoms with Gasteiger partial charge in [0, 0.05) is 12.5 Å². The first-order chi connectivity index (χ1) is 6.76. The van der Waals surface area contributed by atoms with Crippen molar-refractivity contribution in [3.8, 4) is 0 Å². The number of hydrogen-bond acceptors (Lipinski definition) is 3. The molecule has 0 rings (SSSR count). The van der Waals surface area contributed by atoms with Crippen LogP contribution in [0.2, 0.25) is 0 Å². The highest BCUT2D eigenvalue weighted by Gasteiger charge is 2.18. The molecule has 0 spiro atoms. The number of rotatable bonds is 8. The zero-order valence-electron chi connectivity index (χ0n) is 8.92. The van der Waals surface area contributed by atoms with Gasteiger partial charge in [-0.3, -0.25) is 0 Å². The van der Waals surface area contributed by atoms with E-state index >= 15 is 0 Å². The van der Waals surface area contributed by atoms with Crippen molar-refractivity contribution < 1.29 is 14.3 Å². The van der Waals surface area contributed by atoms with Crippen LogP contribution < -0.4 is 0 Å². The Morgan fingerprint density at radius 2 is 2.00 bits per heavy atom. The lowest BCUT2D eigenvalue weighted by molar-refractivity contribution is -0.156. The van der Waals surface area contributed by atoms with Crippen molar-refractivity contribution in [1.29, 1.82) is 0 Å². The smallest absolute Gasteiger partial charge is 0.335 e. The molecule has 0 aromatic carbocycles. The number of esters is 1. The summed E-state index contributed by atoms with van der Waals surface area (Å²) in [7, 11) is 0. The zero-order valence-corrected chi connectivity index (χ0v) is 9.68. The molecule has 84 valence electrons. The van der Waals surface area contributed by atoms with Gasteiger partial charge in [0.15, 0.2) is 6.10 Å². The number of unbranched alkanes of at least 4 members (excludes halogenated alkanes) is 1. The van der Waals surface area contributed by atoms with Crippen LogP contribution >= 0.6 is 11.6 Å². The van der Waals surface area contributed by atoms with Crippen molar-refractivity contribution in [1.82, 2.24) is 0 Å². The molecule has 0 amide bonds. The van der Waals surface area contributed by atoms with Gasteiger partial charge in [-0.05, 0) is 33.1 Å². The quantitative estimate of drug-likeness (QED) is 0.359. The minimum Gasteiger partial charge on any atom is -0.464 e. The summed E-state index contributed by atoms with van der Waals surface area (Å²) in [5.74, 6) is 0.366. The highest BCUT2D eigenvalue weighted by molar-refractivity contribution is 6.17. The Bertz CT molecular complexity index is 150. The number of carbonyl (C=O) groups excluding carboxylic acids is 1. The van der Waals surface area contributed by atoms with Gasteiger partial charge in [-0.1, -0.05) is 0 Å². The van der Waals surface area contributed by atoms with Crippen LogP contribution in [-0.4, -0.2) is 31.2 Å². The fourth-order valence-electron chi connectivity index (χ4n) is 1.13. The van der Waals surface area contributed by atoms with E-state index in [1.165, 1.54) is 0 Å². The fraction of sp³-hybridized carbons (Fsp3) is 0.900. The largest absolute Gasteiger partial charge is 0.464 e. The van der Waals surface area contributed by atoms with Crippen LogP contribution in [0.5, 0.6) is 0 Å². The van der Waals surface area contributed by atoms with Gasteiger partial charge in [0.25, 0.3) is 0 Å². The van der Waals surface area contributed by atoms with Crippen LogP contribution in [0, 0.1) is 0 Å². The Kier molecular flexibility index (Phi) is 9.10. The van der Waals surface area contributed by atoms with E-state index in [1.807, 2.05) is 6.92 Å². The third kappa shape index (κ3) is 6.22. The second-order valence-electron chi connectivity index (χ2n) is 2.88. The summed E-state index contributed by atoms with van der Waals surface area (Å²) >= 11 is 5.55. The van der Waals surface area contributed by atoms with E-state index in [9.17, 15) is 4.79 Å². The molecule has 4 heteroatoms. The maximum atomic E-state index is 11.3. The van der Waals surface area contributed by atoms with E-state index in [0.717, 1.165) is 12.8 Å². The monoisotopic (exact) mass is 222 g/mol. The van der Waals surface area contributed by atoms with Gasteiger partial charge in [-0.15, -0.1) is 11.6 Å². The number of hydrogen-bond donors (Lipinski definition) is 0. The molecule has 0 aromatic heterocycles. The van der Waals surface area contributed by atoms with Gasteiger partial charge >= 0.3 is 5.97 Å². The summed E-state index contributed by atoms with van der Waals surface area (Å²) in [5.41, 5.74) is 0. The van der Waals surface area contributed by atoms with Gasteiger partial charge in [-0.2, -0.15) is 0 Å². The molecule has 0 aliphatic heterocycles. The van der Waals surface area contributed by atoms with Crippen molar-refractivity contribution in [3.05, 3.63) is 0 Å². The lowest BCUT2D eigenvalue weighted by Crippen LogP contribution is -2.26. The lowest BCUT2D eigenvalue weighted by Gasteiger charge is -2.14. The average Bonchev–Trinajstić information content (AvgIpc) is 2.17. The van der Waals surface area contributed by atoms with E-state index in [4.69, 9.17) is 21.1 Å². The molecule has 0 fully saturated rings. The van der Waals surface area contributed by atoms with E-state index < -0.39 is 6.10 Å². The summed E-state index contributed by atoms with van der Waals surface area (Å²) in [6.45, 7) is 4.59. The maximum Gasteiger partial charge on any atom is 0.335 e. The van der Waals surface area contributed by atoms with Crippen LogP contribution in [0.15, 0.2) is 0 Å². The molecule has 0 saturated carbocycles. The number of carbonyl (C=O) groups is 1. The minimum absolute atomic E-state index is 0.260. The van der Waals surface area contributed by atoms with Gasteiger partial charge in [0.2, 0.25) is 0 Å². The molecule has 0 saturated heterocycles. The average molecular weight is 223 g/mol. The zero-order chi connectivity index (χ0) is 10.8. The summed E-state index contributed by atoms with van der Waals surface area (Å²) in [6, 6.07) is 0. The maximum absolute atomic E-state index is 11.3. The number of halogens is 1. The predicted molar refractivity (Wildman–Crippen MR) is 56.6 cm³/mol. The molecule has 14 heavy (non-hydrogen) atoms. The molecule has 1 atom stereocenters. The lowest BCUT2D eigenvalue weighted by atomic mass is 10.1. The number of ether oxygens (including phenoxy) is 2. The first kappa shape index (κ1) is 13.7. The second-order valence-corrected chi connectivity index (χ2v) is 3.26. The molecule has 0 radical (unpaired) electrons. The van der Waals surface area contributed by atoms with Crippen LogP contribution in [0.25, 0.3) is 0 Å². The summed E-state index contributed by atoms with van der Waals surface area (Å²) in [4.78, 5) is 11.3. The van der Waals surface area contributed by atoms with Crippen LogP contribution in [0.1, 0.15) is 33.1 Å². The summed E-state index contributed by atoms with van der Waals surface area (Å²) < 4.78 is 10.2. The van der Waals surface area contributed by atoms with Gasteiger partial charge in [0.05, 0.1) is 6.61 Å². The topological polar surface area (TPSA) is 35.5 Å². The Balaban J connectivity index is 3.81. The molecule has 0 aromatic rings. The van der Waals surface area contributed by atoms with E-state index in [1.54, 1.807) is 6.92 Å². The summed E-state index contributed by atoms with van der Waals surface area (Å²) in [5, 5.41) is 0. The van der Waals surface area contributed by atoms with Crippen molar-refractivity contribution in [2.45, 2.75) is 39.2 Å². The Morgan fingerprint density at radius 1 is 1.29 bits per heavy atom. The molecular weight excluding hydrogens is 204 g/mol. The van der Waals surface area contributed by atoms with Crippen molar-refractivity contribution >= 4 is 17.6 Å². The van der Waals surface area contributed by atoms with E-state index in [2.05, 4.69) is 0 Å². The standard InChI is InChI=1S/C10H19ClO3/c1-3-13-9(7-5-6-8-11)10(12)14-4-2/h9H,3-8H2,1-2H3. The SMILES string of the molecule is CCOC(=O)C(CCCCCl)OCC. The molecule has 0 bridgehead atoms. The molecule has 0 aliphatic rings. The number of alkyl halides is 1. The van der Waals surface area contributed by atoms with Crippen LogP contribution in [0.4, 0.5) is 0 Å². The fourth-order valence-corrected chi connectivity index (χ4v) is 1.32. The molecular formula is C10H19ClO3. The normalized spacial score (nSPS) is 12.5. The Morgan fingerprint density at radius 3 is 2.50 bits per heavy atom. The Labute approximate surface area is 90.7 Å². The molecule has 1 unspecified atom stereocenters. The third-order valence-corrected chi connectivity index (χ3v) is 2.03. The van der Waals surface area contributed by atoms with Crippen molar-refractivity contribution in [2.75, 3.05) is 19.1 Å². The highest BCUT2D eigenvalue weighted by atomic mass is 35.5. The van der Waals surface area contributed by atoms with E-state index in [0.29, 0.717) is 25.5 Å². The molecule has 3 nitrogen and oxygen atoms in total. The first-order valence-corrected chi connectivity index (χ1v) is 5.63. The first-order valence-electron chi connectivity index (χ1n) is 5.10. The third-order valence-electron chi connectivity index (χ3n) is 1.77. The van der Waals surface area contributed by atoms with Crippen LogP contribution in [-0.2, 0) is 14.3 Å².